The summed E-state index contributed by atoms with van der Waals surface area (Å²) in [6.45, 7) is 11.2. The molecule has 0 aliphatic carbocycles. The highest BCUT2D eigenvalue weighted by Crippen LogP contribution is 2.26. The highest BCUT2D eigenvalue weighted by Gasteiger charge is 2.17. The molecular formula is C13H22N2O2S. The minimum Gasteiger partial charge on any atom is -0.481 e. The number of carbonyl (C=O) groups is 1. The molecule has 5 heteroatoms. The lowest BCUT2D eigenvalue weighted by Crippen LogP contribution is -2.22. The van der Waals surface area contributed by atoms with Crippen LogP contribution >= 0.6 is 11.3 Å². The third-order valence-corrected chi connectivity index (χ3v) is 4.25. The lowest BCUT2D eigenvalue weighted by Gasteiger charge is -2.17. The van der Waals surface area contributed by atoms with Crippen molar-refractivity contribution in [3.8, 4) is 0 Å². The van der Waals surface area contributed by atoms with Crippen LogP contribution in [0, 0.1) is 0 Å². The Morgan fingerprint density at radius 2 is 2.00 bits per heavy atom. The van der Waals surface area contributed by atoms with E-state index in [1.165, 1.54) is 0 Å². The average Bonchev–Trinajstić information content (AvgIpc) is 2.68. The van der Waals surface area contributed by atoms with Gasteiger partial charge >= 0.3 is 5.97 Å². The van der Waals surface area contributed by atoms with Crippen molar-refractivity contribution in [3.63, 3.8) is 0 Å². The summed E-state index contributed by atoms with van der Waals surface area (Å²) >= 11 is 1.65. The Balaban J connectivity index is 2.95. The molecule has 1 aromatic rings. The van der Waals surface area contributed by atoms with Crippen LogP contribution in [-0.2, 0) is 17.8 Å². The fraction of sp³-hybridized carbons (Fsp3) is 0.692. The number of carboxylic acids is 1. The molecule has 0 saturated heterocycles. The van der Waals surface area contributed by atoms with Gasteiger partial charge in [0, 0.05) is 17.3 Å². The number of thiazole rings is 1. The molecule has 0 atom stereocenters. The molecule has 18 heavy (non-hydrogen) atoms. The van der Waals surface area contributed by atoms with Crippen LogP contribution in [0.3, 0.4) is 0 Å². The first-order chi connectivity index (χ1) is 8.47. The van der Waals surface area contributed by atoms with Gasteiger partial charge in [0.25, 0.3) is 0 Å². The Hall–Kier alpha value is -0.940. The number of aromatic nitrogens is 1. The maximum atomic E-state index is 10.9. The Labute approximate surface area is 113 Å². The van der Waals surface area contributed by atoms with E-state index in [0.29, 0.717) is 5.92 Å². The Morgan fingerprint density at radius 3 is 2.44 bits per heavy atom. The molecule has 1 rings (SSSR count). The van der Waals surface area contributed by atoms with Crippen molar-refractivity contribution < 1.29 is 9.90 Å². The summed E-state index contributed by atoms with van der Waals surface area (Å²) in [5.41, 5.74) is 0.739. The fourth-order valence-corrected chi connectivity index (χ4v) is 2.83. The van der Waals surface area contributed by atoms with Gasteiger partial charge in [-0.15, -0.1) is 11.3 Å². The van der Waals surface area contributed by atoms with Gasteiger partial charge in [-0.1, -0.05) is 27.7 Å². The zero-order chi connectivity index (χ0) is 13.7. The van der Waals surface area contributed by atoms with Gasteiger partial charge in [0.05, 0.1) is 17.1 Å². The summed E-state index contributed by atoms with van der Waals surface area (Å²) in [5, 5.41) is 9.97. The van der Waals surface area contributed by atoms with E-state index in [1.807, 2.05) is 0 Å². The van der Waals surface area contributed by atoms with E-state index < -0.39 is 5.97 Å². The molecule has 0 unspecified atom stereocenters. The van der Waals surface area contributed by atoms with E-state index in [2.05, 4.69) is 37.6 Å². The average molecular weight is 270 g/mol. The van der Waals surface area contributed by atoms with Crippen LogP contribution in [0.4, 0.5) is 0 Å². The van der Waals surface area contributed by atoms with Crippen molar-refractivity contribution in [2.24, 2.45) is 0 Å². The highest BCUT2D eigenvalue weighted by atomic mass is 32.1. The van der Waals surface area contributed by atoms with Gasteiger partial charge in [-0.25, -0.2) is 4.98 Å². The standard InChI is InChI=1S/C13H22N2O2S/c1-5-15(6-2)8-11-10(7-12(16)17)14-13(18-11)9(3)4/h9H,5-8H2,1-4H3,(H,16,17). The lowest BCUT2D eigenvalue weighted by molar-refractivity contribution is -0.136. The van der Waals surface area contributed by atoms with Crippen molar-refractivity contribution in [3.05, 3.63) is 15.6 Å². The topological polar surface area (TPSA) is 53.4 Å². The van der Waals surface area contributed by atoms with E-state index >= 15 is 0 Å². The minimum atomic E-state index is -0.809. The summed E-state index contributed by atoms with van der Waals surface area (Å²) in [5.74, 6) is -0.454. The van der Waals surface area contributed by atoms with E-state index in [1.54, 1.807) is 11.3 Å². The predicted octanol–water partition coefficient (Wildman–Crippen LogP) is 2.74. The van der Waals surface area contributed by atoms with Crippen LogP contribution in [-0.4, -0.2) is 34.0 Å². The van der Waals surface area contributed by atoms with Gasteiger partial charge in [0.15, 0.2) is 0 Å². The number of aliphatic carboxylic acids is 1. The number of carboxylic acid groups (broad SMARTS) is 1. The van der Waals surface area contributed by atoms with Crippen molar-refractivity contribution in [1.29, 1.82) is 0 Å². The summed E-state index contributed by atoms with van der Waals surface area (Å²) in [7, 11) is 0. The second kappa shape index (κ2) is 6.85. The van der Waals surface area contributed by atoms with Crippen LogP contribution < -0.4 is 0 Å². The molecule has 1 heterocycles. The lowest BCUT2D eigenvalue weighted by atomic mass is 10.2. The summed E-state index contributed by atoms with van der Waals surface area (Å²) in [6.07, 6.45) is 0.0276. The van der Waals surface area contributed by atoms with E-state index in [4.69, 9.17) is 5.11 Å². The van der Waals surface area contributed by atoms with Crippen LogP contribution in [0.2, 0.25) is 0 Å². The molecule has 0 spiro atoms. The van der Waals surface area contributed by atoms with Crippen molar-refractivity contribution in [2.45, 2.75) is 46.6 Å². The molecule has 0 saturated carbocycles. The van der Waals surface area contributed by atoms with Gasteiger partial charge in [0.2, 0.25) is 0 Å². The first kappa shape index (κ1) is 15.1. The second-order valence-electron chi connectivity index (χ2n) is 4.61. The largest absolute Gasteiger partial charge is 0.481 e. The summed E-state index contributed by atoms with van der Waals surface area (Å²) in [4.78, 5) is 18.7. The molecule has 0 aliphatic heterocycles. The third-order valence-electron chi connectivity index (χ3n) is 2.87. The van der Waals surface area contributed by atoms with Gasteiger partial charge in [-0.3, -0.25) is 9.69 Å². The molecule has 1 N–H and O–H groups in total. The predicted molar refractivity (Wildman–Crippen MR) is 74.2 cm³/mol. The van der Waals surface area contributed by atoms with Gasteiger partial charge < -0.3 is 5.11 Å². The minimum absolute atomic E-state index is 0.0276. The number of nitrogens with zero attached hydrogens (tertiary/aromatic N) is 2. The molecule has 0 amide bonds. The van der Waals surface area contributed by atoms with E-state index in [0.717, 1.165) is 35.2 Å². The number of hydrogen-bond acceptors (Lipinski definition) is 4. The molecule has 0 aliphatic rings. The van der Waals surface area contributed by atoms with Gasteiger partial charge in [-0.2, -0.15) is 0 Å². The second-order valence-corrected chi connectivity index (χ2v) is 5.72. The maximum Gasteiger partial charge on any atom is 0.309 e. The molecule has 0 aromatic carbocycles. The number of rotatable bonds is 7. The Morgan fingerprint density at radius 1 is 1.39 bits per heavy atom. The number of hydrogen-bond donors (Lipinski definition) is 1. The fourth-order valence-electron chi connectivity index (χ4n) is 1.71. The van der Waals surface area contributed by atoms with E-state index in [9.17, 15) is 4.79 Å². The molecule has 0 fully saturated rings. The van der Waals surface area contributed by atoms with Gasteiger partial charge in [-0.05, 0) is 13.1 Å². The first-order valence-corrected chi connectivity index (χ1v) is 7.22. The van der Waals surface area contributed by atoms with Crippen LogP contribution in [0.15, 0.2) is 0 Å². The maximum absolute atomic E-state index is 10.9. The van der Waals surface area contributed by atoms with E-state index in [-0.39, 0.29) is 6.42 Å². The van der Waals surface area contributed by atoms with Crippen molar-refractivity contribution >= 4 is 17.3 Å². The van der Waals surface area contributed by atoms with Crippen LogP contribution in [0.1, 0.15) is 49.2 Å². The van der Waals surface area contributed by atoms with Crippen molar-refractivity contribution in [2.75, 3.05) is 13.1 Å². The third kappa shape index (κ3) is 4.07. The quantitative estimate of drug-likeness (QED) is 0.827. The summed E-state index contributed by atoms with van der Waals surface area (Å²) < 4.78 is 0. The highest BCUT2D eigenvalue weighted by molar-refractivity contribution is 7.11. The Bertz CT molecular complexity index is 398. The zero-order valence-corrected chi connectivity index (χ0v) is 12.4. The molecule has 4 nitrogen and oxygen atoms in total. The smallest absolute Gasteiger partial charge is 0.309 e. The van der Waals surface area contributed by atoms with Crippen LogP contribution in [0.5, 0.6) is 0 Å². The summed E-state index contributed by atoms with van der Waals surface area (Å²) in [6, 6.07) is 0. The van der Waals surface area contributed by atoms with Crippen LogP contribution in [0.25, 0.3) is 0 Å². The zero-order valence-electron chi connectivity index (χ0n) is 11.6. The van der Waals surface area contributed by atoms with Gasteiger partial charge in [0.1, 0.15) is 0 Å². The van der Waals surface area contributed by atoms with Crippen molar-refractivity contribution in [1.82, 2.24) is 9.88 Å². The molecule has 0 radical (unpaired) electrons. The Kier molecular flexibility index (Phi) is 5.75. The monoisotopic (exact) mass is 270 g/mol. The molecular weight excluding hydrogens is 248 g/mol. The molecule has 1 aromatic heterocycles. The first-order valence-electron chi connectivity index (χ1n) is 6.40. The molecule has 0 bridgehead atoms. The SMILES string of the molecule is CCN(CC)Cc1sc(C(C)C)nc1CC(=O)O. The normalized spacial score (nSPS) is 11.4. The molecule has 102 valence electrons.